The van der Waals surface area contributed by atoms with Crippen LogP contribution in [0.15, 0.2) is 42.5 Å². The van der Waals surface area contributed by atoms with E-state index in [0.717, 1.165) is 5.69 Å². The summed E-state index contributed by atoms with van der Waals surface area (Å²) in [7, 11) is 0. The molecule has 1 atom stereocenters. The maximum Gasteiger partial charge on any atom is 0.171 e. The maximum absolute atomic E-state index is 5.43. The van der Waals surface area contributed by atoms with Crippen LogP contribution in [0.5, 0.6) is 0 Å². The van der Waals surface area contributed by atoms with Crippen molar-refractivity contribution in [1.82, 2.24) is 5.32 Å². The number of anilines is 1. The molecule has 0 radical (unpaired) electrons. The van der Waals surface area contributed by atoms with Crippen LogP contribution >= 0.6 is 12.2 Å². The standard InChI is InChI=1S/C18H22N2S/c1-12-9-10-13(2)16(11-12)15(4)19-18(21)20-17-8-6-5-7-14(17)3/h5-11,15H,1-4H3,(H2,19,20,21). The number of rotatable bonds is 3. The first kappa shape index (κ1) is 15.5. The van der Waals surface area contributed by atoms with Crippen molar-refractivity contribution in [2.45, 2.75) is 33.7 Å². The highest BCUT2D eigenvalue weighted by atomic mass is 32.1. The fourth-order valence-corrected chi connectivity index (χ4v) is 2.66. The fourth-order valence-electron chi connectivity index (χ4n) is 2.37. The summed E-state index contributed by atoms with van der Waals surface area (Å²) < 4.78 is 0. The summed E-state index contributed by atoms with van der Waals surface area (Å²) in [6.07, 6.45) is 0. The van der Waals surface area contributed by atoms with Crippen molar-refractivity contribution in [3.63, 3.8) is 0 Å². The third-order valence-corrected chi connectivity index (χ3v) is 3.86. The van der Waals surface area contributed by atoms with Crippen molar-refractivity contribution in [1.29, 1.82) is 0 Å². The molecule has 0 saturated heterocycles. The molecule has 0 amide bonds. The van der Waals surface area contributed by atoms with Gasteiger partial charge in [0.2, 0.25) is 0 Å². The van der Waals surface area contributed by atoms with Crippen LogP contribution in [0.1, 0.15) is 35.2 Å². The molecule has 110 valence electrons. The van der Waals surface area contributed by atoms with Gasteiger partial charge in [-0.3, -0.25) is 0 Å². The SMILES string of the molecule is Cc1ccc(C)c(C(C)NC(=S)Nc2ccccc2C)c1. The van der Waals surface area contributed by atoms with Crippen LogP contribution in [0.2, 0.25) is 0 Å². The molecule has 1 unspecified atom stereocenters. The van der Waals surface area contributed by atoms with Gasteiger partial charge in [0.05, 0.1) is 6.04 Å². The quantitative estimate of drug-likeness (QED) is 0.806. The van der Waals surface area contributed by atoms with E-state index in [1.807, 2.05) is 18.2 Å². The Hall–Kier alpha value is -1.87. The van der Waals surface area contributed by atoms with Gasteiger partial charge in [-0.1, -0.05) is 42.0 Å². The number of benzene rings is 2. The van der Waals surface area contributed by atoms with E-state index in [1.54, 1.807) is 0 Å². The largest absolute Gasteiger partial charge is 0.356 e. The second-order valence-electron chi connectivity index (χ2n) is 5.50. The molecule has 2 rings (SSSR count). The Labute approximate surface area is 132 Å². The summed E-state index contributed by atoms with van der Waals surface area (Å²) in [5.74, 6) is 0. The van der Waals surface area contributed by atoms with E-state index in [2.05, 4.69) is 62.6 Å². The Morgan fingerprint density at radius 1 is 1.00 bits per heavy atom. The molecule has 0 spiro atoms. The van der Waals surface area contributed by atoms with Crippen molar-refractivity contribution < 1.29 is 0 Å². The van der Waals surface area contributed by atoms with E-state index >= 15 is 0 Å². The van der Waals surface area contributed by atoms with Crippen molar-refractivity contribution in [3.8, 4) is 0 Å². The lowest BCUT2D eigenvalue weighted by atomic mass is 10.0. The third-order valence-electron chi connectivity index (χ3n) is 3.64. The number of hydrogen-bond acceptors (Lipinski definition) is 1. The van der Waals surface area contributed by atoms with Gasteiger partial charge in [-0.05, 0) is 62.7 Å². The van der Waals surface area contributed by atoms with E-state index in [1.165, 1.54) is 22.3 Å². The molecule has 2 N–H and O–H groups in total. The van der Waals surface area contributed by atoms with Gasteiger partial charge in [-0.15, -0.1) is 0 Å². The molecule has 0 fully saturated rings. The summed E-state index contributed by atoms with van der Waals surface area (Å²) >= 11 is 5.43. The van der Waals surface area contributed by atoms with Gasteiger partial charge in [0.25, 0.3) is 0 Å². The lowest BCUT2D eigenvalue weighted by Gasteiger charge is -2.20. The van der Waals surface area contributed by atoms with Gasteiger partial charge in [0.15, 0.2) is 5.11 Å². The monoisotopic (exact) mass is 298 g/mol. The predicted molar refractivity (Wildman–Crippen MR) is 94.9 cm³/mol. The normalized spacial score (nSPS) is 11.8. The van der Waals surface area contributed by atoms with Crippen LogP contribution in [0.25, 0.3) is 0 Å². The number of hydrogen-bond donors (Lipinski definition) is 2. The highest BCUT2D eigenvalue weighted by Gasteiger charge is 2.10. The second-order valence-corrected chi connectivity index (χ2v) is 5.90. The summed E-state index contributed by atoms with van der Waals surface area (Å²) in [5, 5.41) is 7.28. The molecule has 0 aliphatic rings. The van der Waals surface area contributed by atoms with Gasteiger partial charge in [-0.25, -0.2) is 0 Å². The highest BCUT2D eigenvalue weighted by Crippen LogP contribution is 2.19. The molecule has 21 heavy (non-hydrogen) atoms. The lowest BCUT2D eigenvalue weighted by Crippen LogP contribution is -2.31. The van der Waals surface area contributed by atoms with E-state index in [0.29, 0.717) is 5.11 Å². The Kier molecular flexibility index (Phi) is 4.97. The fraction of sp³-hybridized carbons (Fsp3) is 0.278. The molecule has 2 nitrogen and oxygen atoms in total. The van der Waals surface area contributed by atoms with E-state index < -0.39 is 0 Å². The van der Waals surface area contributed by atoms with E-state index in [-0.39, 0.29) is 6.04 Å². The molecule has 0 saturated carbocycles. The number of thiocarbonyl (C=S) groups is 1. The molecule has 2 aromatic carbocycles. The summed E-state index contributed by atoms with van der Waals surface area (Å²) in [5.41, 5.74) is 6.05. The van der Waals surface area contributed by atoms with Crippen LogP contribution in [0, 0.1) is 20.8 Å². The Bertz CT molecular complexity index is 649. The Morgan fingerprint density at radius 3 is 2.43 bits per heavy atom. The smallest absolute Gasteiger partial charge is 0.171 e. The average Bonchev–Trinajstić information content (AvgIpc) is 2.44. The summed E-state index contributed by atoms with van der Waals surface area (Å²) in [6.45, 7) is 8.44. The van der Waals surface area contributed by atoms with Gasteiger partial charge in [0.1, 0.15) is 0 Å². The van der Waals surface area contributed by atoms with Crippen molar-refractivity contribution >= 4 is 23.0 Å². The number of aryl methyl sites for hydroxylation is 3. The van der Waals surface area contributed by atoms with Crippen molar-refractivity contribution in [3.05, 3.63) is 64.7 Å². The minimum Gasteiger partial charge on any atom is -0.356 e. The molecular weight excluding hydrogens is 276 g/mol. The topological polar surface area (TPSA) is 24.1 Å². The maximum atomic E-state index is 5.43. The van der Waals surface area contributed by atoms with Gasteiger partial charge < -0.3 is 10.6 Å². The molecule has 2 aromatic rings. The summed E-state index contributed by atoms with van der Waals surface area (Å²) in [4.78, 5) is 0. The van der Waals surface area contributed by atoms with Crippen molar-refractivity contribution in [2.75, 3.05) is 5.32 Å². The number of nitrogens with one attached hydrogen (secondary N) is 2. The van der Waals surface area contributed by atoms with E-state index in [9.17, 15) is 0 Å². The molecule has 0 aromatic heterocycles. The summed E-state index contributed by atoms with van der Waals surface area (Å²) in [6, 6.07) is 14.8. The predicted octanol–water partition coefficient (Wildman–Crippen LogP) is 4.66. The van der Waals surface area contributed by atoms with Gasteiger partial charge >= 0.3 is 0 Å². The molecule has 0 heterocycles. The van der Waals surface area contributed by atoms with Crippen LogP contribution in [-0.4, -0.2) is 5.11 Å². The minimum atomic E-state index is 0.175. The zero-order valence-corrected chi connectivity index (χ0v) is 13.8. The Morgan fingerprint density at radius 2 is 1.71 bits per heavy atom. The first-order chi connectivity index (χ1) is 9.97. The number of para-hydroxylation sites is 1. The minimum absolute atomic E-state index is 0.175. The van der Waals surface area contributed by atoms with E-state index in [4.69, 9.17) is 12.2 Å². The lowest BCUT2D eigenvalue weighted by molar-refractivity contribution is 0.716. The van der Waals surface area contributed by atoms with Crippen LogP contribution in [-0.2, 0) is 0 Å². The molecule has 3 heteroatoms. The van der Waals surface area contributed by atoms with Crippen molar-refractivity contribution in [2.24, 2.45) is 0 Å². The van der Waals surface area contributed by atoms with Gasteiger partial charge in [0, 0.05) is 5.69 Å². The molecule has 0 aliphatic heterocycles. The van der Waals surface area contributed by atoms with Crippen LogP contribution < -0.4 is 10.6 Å². The zero-order chi connectivity index (χ0) is 15.4. The van der Waals surface area contributed by atoms with Crippen LogP contribution in [0.3, 0.4) is 0 Å². The molecular formula is C18H22N2S. The average molecular weight is 298 g/mol. The Balaban J connectivity index is 2.06. The zero-order valence-electron chi connectivity index (χ0n) is 13.0. The molecule has 0 aliphatic carbocycles. The molecule has 0 bridgehead atoms. The second kappa shape index (κ2) is 6.72. The first-order valence-corrected chi connectivity index (χ1v) is 7.58. The van der Waals surface area contributed by atoms with Gasteiger partial charge in [-0.2, -0.15) is 0 Å². The third kappa shape index (κ3) is 4.05. The highest BCUT2D eigenvalue weighted by molar-refractivity contribution is 7.80. The first-order valence-electron chi connectivity index (χ1n) is 7.17. The van der Waals surface area contributed by atoms with Crippen LogP contribution in [0.4, 0.5) is 5.69 Å².